The molecule has 0 aliphatic carbocycles. The predicted octanol–water partition coefficient (Wildman–Crippen LogP) is 3.52. The number of ether oxygens (including phenoxy) is 1. The van der Waals surface area contributed by atoms with Crippen molar-refractivity contribution in [3.05, 3.63) is 41.7 Å². The highest BCUT2D eigenvalue weighted by Gasteiger charge is 2.17. The van der Waals surface area contributed by atoms with Crippen LogP contribution in [0.15, 0.2) is 30.3 Å². The summed E-state index contributed by atoms with van der Waals surface area (Å²) in [6.45, 7) is 4.06. The Kier molecular flexibility index (Phi) is 4.69. The molecule has 0 spiro atoms. The van der Waals surface area contributed by atoms with E-state index in [0.29, 0.717) is 11.6 Å². The van der Waals surface area contributed by atoms with Crippen LogP contribution in [0.2, 0.25) is 0 Å². The van der Waals surface area contributed by atoms with Crippen molar-refractivity contribution >= 4 is 5.82 Å². The van der Waals surface area contributed by atoms with Gasteiger partial charge in [0.1, 0.15) is 11.9 Å². The molecule has 1 heterocycles. The van der Waals surface area contributed by atoms with Gasteiger partial charge in [0.25, 0.3) is 0 Å². The van der Waals surface area contributed by atoms with E-state index in [1.807, 2.05) is 37.3 Å². The predicted molar refractivity (Wildman–Crippen MR) is 81.3 cm³/mol. The number of benzene rings is 1. The van der Waals surface area contributed by atoms with Crippen molar-refractivity contribution in [1.82, 2.24) is 9.97 Å². The molecule has 2 aromatic rings. The molecule has 0 saturated heterocycles. The van der Waals surface area contributed by atoms with Crippen LogP contribution in [-0.4, -0.2) is 17.1 Å². The molecule has 4 heteroatoms. The van der Waals surface area contributed by atoms with Gasteiger partial charge in [0, 0.05) is 18.2 Å². The Labute approximate surface area is 120 Å². The highest BCUT2D eigenvalue weighted by atomic mass is 16.5. The van der Waals surface area contributed by atoms with Crippen LogP contribution in [0.4, 0.5) is 5.82 Å². The van der Waals surface area contributed by atoms with E-state index in [9.17, 15) is 0 Å². The smallest absolute Gasteiger partial charge is 0.160 e. The first-order chi connectivity index (χ1) is 9.67. The van der Waals surface area contributed by atoms with Crippen molar-refractivity contribution in [3.63, 3.8) is 0 Å². The summed E-state index contributed by atoms with van der Waals surface area (Å²) in [5.41, 5.74) is 8.88. The van der Waals surface area contributed by atoms with Crippen LogP contribution < -0.4 is 5.73 Å². The van der Waals surface area contributed by atoms with E-state index in [2.05, 4.69) is 16.9 Å². The van der Waals surface area contributed by atoms with E-state index in [-0.39, 0.29) is 6.10 Å². The number of hydrogen-bond donors (Lipinski definition) is 1. The van der Waals surface area contributed by atoms with Crippen molar-refractivity contribution in [2.45, 2.75) is 32.8 Å². The summed E-state index contributed by atoms with van der Waals surface area (Å²) < 4.78 is 5.48. The van der Waals surface area contributed by atoms with Crippen LogP contribution >= 0.6 is 0 Å². The molecule has 20 heavy (non-hydrogen) atoms. The van der Waals surface area contributed by atoms with Crippen molar-refractivity contribution in [3.8, 4) is 11.3 Å². The van der Waals surface area contributed by atoms with Crippen LogP contribution in [0.1, 0.15) is 37.3 Å². The molecule has 0 radical (unpaired) electrons. The fourth-order valence-electron chi connectivity index (χ4n) is 2.19. The quantitative estimate of drug-likeness (QED) is 0.903. The Hall–Kier alpha value is -1.94. The maximum atomic E-state index is 6.04. The summed E-state index contributed by atoms with van der Waals surface area (Å²) in [5.74, 6) is 1.18. The van der Waals surface area contributed by atoms with Gasteiger partial charge in [-0.1, -0.05) is 43.7 Å². The van der Waals surface area contributed by atoms with Crippen LogP contribution in [0.3, 0.4) is 0 Å². The van der Waals surface area contributed by atoms with E-state index in [1.165, 1.54) is 0 Å². The van der Waals surface area contributed by atoms with Gasteiger partial charge in [-0.25, -0.2) is 9.97 Å². The summed E-state index contributed by atoms with van der Waals surface area (Å²) in [5, 5.41) is 0. The average Bonchev–Trinajstić information content (AvgIpc) is 2.48. The molecule has 4 nitrogen and oxygen atoms in total. The van der Waals surface area contributed by atoms with E-state index in [4.69, 9.17) is 10.5 Å². The number of nitrogen functional groups attached to an aromatic ring is 1. The second kappa shape index (κ2) is 6.48. The third-order valence-corrected chi connectivity index (χ3v) is 3.37. The van der Waals surface area contributed by atoms with Gasteiger partial charge in [-0.3, -0.25) is 0 Å². The molecule has 0 aliphatic rings. The fourth-order valence-corrected chi connectivity index (χ4v) is 2.19. The SMILES string of the molecule is CCCC(OC)c1nc(N)c(C)c(-c2ccccc2)n1. The summed E-state index contributed by atoms with van der Waals surface area (Å²) in [4.78, 5) is 9.07. The lowest BCUT2D eigenvalue weighted by atomic mass is 10.1. The van der Waals surface area contributed by atoms with Gasteiger partial charge in [0.15, 0.2) is 5.82 Å². The lowest BCUT2D eigenvalue weighted by Gasteiger charge is -2.16. The zero-order valence-electron chi connectivity index (χ0n) is 12.3. The average molecular weight is 271 g/mol. The molecule has 0 fully saturated rings. The molecule has 2 rings (SSSR count). The summed E-state index contributed by atoms with van der Waals surface area (Å²) in [6.07, 6.45) is 1.79. The van der Waals surface area contributed by atoms with E-state index in [0.717, 1.165) is 29.7 Å². The number of methoxy groups -OCH3 is 1. The number of rotatable bonds is 5. The lowest BCUT2D eigenvalue weighted by molar-refractivity contribution is 0.0878. The first-order valence-electron chi connectivity index (χ1n) is 6.89. The molecule has 0 aliphatic heterocycles. The number of nitrogens with two attached hydrogens (primary N) is 1. The van der Waals surface area contributed by atoms with Crippen LogP contribution in [0.5, 0.6) is 0 Å². The molecular weight excluding hydrogens is 250 g/mol. The highest BCUT2D eigenvalue weighted by Crippen LogP contribution is 2.27. The molecule has 1 aromatic heterocycles. The van der Waals surface area contributed by atoms with Crippen LogP contribution in [0, 0.1) is 6.92 Å². The second-order valence-electron chi connectivity index (χ2n) is 4.82. The highest BCUT2D eigenvalue weighted by molar-refractivity contribution is 5.67. The van der Waals surface area contributed by atoms with Crippen molar-refractivity contribution in [1.29, 1.82) is 0 Å². The standard InChI is InChI=1S/C16H21N3O/c1-4-8-13(20-3)16-18-14(11(2)15(17)19-16)12-9-6-5-7-10-12/h5-7,9-10,13H,4,8H2,1-3H3,(H2,17,18,19). The number of aromatic nitrogens is 2. The third kappa shape index (κ3) is 2.96. The summed E-state index contributed by atoms with van der Waals surface area (Å²) in [6, 6.07) is 10.0. The minimum atomic E-state index is -0.106. The van der Waals surface area contributed by atoms with E-state index in [1.54, 1.807) is 7.11 Å². The van der Waals surface area contributed by atoms with Gasteiger partial charge in [-0.2, -0.15) is 0 Å². The fraction of sp³-hybridized carbons (Fsp3) is 0.375. The minimum Gasteiger partial charge on any atom is -0.383 e. The Balaban J connectivity index is 2.50. The van der Waals surface area contributed by atoms with Gasteiger partial charge in [-0.05, 0) is 13.3 Å². The monoisotopic (exact) mass is 271 g/mol. The van der Waals surface area contributed by atoms with E-state index >= 15 is 0 Å². The maximum absolute atomic E-state index is 6.04. The lowest BCUT2D eigenvalue weighted by Crippen LogP contribution is -2.11. The summed E-state index contributed by atoms with van der Waals surface area (Å²) >= 11 is 0. The molecule has 1 unspecified atom stereocenters. The number of nitrogens with zero attached hydrogens (tertiary/aromatic N) is 2. The first-order valence-corrected chi connectivity index (χ1v) is 6.89. The Morgan fingerprint density at radius 2 is 1.90 bits per heavy atom. The molecule has 1 atom stereocenters. The van der Waals surface area contributed by atoms with Crippen molar-refractivity contribution < 1.29 is 4.74 Å². The number of anilines is 1. The zero-order valence-corrected chi connectivity index (χ0v) is 12.3. The third-order valence-electron chi connectivity index (χ3n) is 3.37. The molecule has 0 saturated carbocycles. The Bertz CT molecular complexity index is 569. The molecule has 1 aromatic carbocycles. The topological polar surface area (TPSA) is 61.0 Å². The maximum Gasteiger partial charge on any atom is 0.160 e. The summed E-state index contributed by atoms with van der Waals surface area (Å²) in [7, 11) is 1.68. The van der Waals surface area contributed by atoms with Crippen LogP contribution in [0.25, 0.3) is 11.3 Å². The zero-order chi connectivity index (χ0) is 14.5. The number of hydrogen-bond acceptors (Lipinski definition) is 4. The van der Waals surface area contributed by atoms with Gasteiger partial charge in [0.05, 0.1) is 5.69 Å². The first kappa shape index (κ1) is 14.5. The van der Waals surface area contributed by atoms with Crippen molar-refractivity contribution in [2.75, 3.05) is 12.8 Å². The minimum absolute atomic E-state index is 0.106. The molecule has 0 bridgehead atoms. The van der Waals surface area contributed by atoms with Crippen LogP contribution in [-0.2, 0) is 4.74 Å². The molecular formula is C16H21N3O. The van der Waals surface area contributed by atoms with Gasteiger partial charge >= 0.3 is 0 Å². The molecule has 0 amide bonds. The van der Waals surface area contributed by atoms with Gasteiger partial charge in [0.2, 0.25) is 0 Å². The van der Waals surface area contributed by atoms with E-state index < -0.39 is 0 Å². The Morgan fingerprint density at radius 3 is 2.50 bits per heavy atom. The normalized spacial score (nSPS) is 12.3. The van der Waals surface area contributed by atoms with Crippen molar-refractivity contribution in [2.24, 2.45) is 0 Å². The Morgan fingerprint density at radius 1 is 1.20 bits per heavy atom. The molecule has 2 N–H and O–H groups in total. The second-order valence-corrected chi connectivity index (χ2v) is 4.82. The molecule has 106 valence electrons. The van der Waals surface area contributed by atoms with Gasteiger partial charge < -0.3 is 10.5 Å². The van der Waals surface area contributed by atoms with Gasteiger partial charge in [-0.15, -0.1) is 0 Å². The largest absolute Gasteiger partial charge is 0.383 e.